The zero-order valence-electron chi connectivity index (χ0n) is 5.04. The first-order chi connectivity index (χ1) is 4.36. The molecule has 0 spiro atoms. The summed E-state index contributed by atoms with van der Waals surface area (Å²) >= 11 is 1.66. The van der Waals surface area contributed by atoms with Crippen molar-refractivity contribution >= 4 is 18.0 Å². The number of allylic oxidation sites excluding steroid dienone is 1. The molecule has 0 aromatic heterocycles. The highest BCUT2D eigenvalue weighted by Crippen LogP contribution is 2.29. The van der Waals surface area contributed by atoms with Crippen molar-refractivity contribution in [3.05, 3.63) is 23.6 Å². The van der Waals surface area contributed by atoms with E-state index in [-0.39, 0.29) is 0 Å². The van der Waals surface area contributed by atoms with Gasteiger partial charge in [-0.15, -0.1) is 18.3 Å². The molecule has 0 saturated carbocycles. The number of rotatable bonds is 2. The fourth-order valence-electron chi connectivity index (χ4n) is 0.718. The van der Waals surface area contributed by atoms with Gasteiger partial charge in [-0.3, -0.25) is 4.79 Å². The summed E-state index contributed by atoms with van der Waals surface area (Å²) < 4.78 is 0. The molecule has 1 aliphatic rings. The smallest absolute Gasteiger partial charge is 0.146 e. The summed E-state index contributed by atoms with van der Waals surface area (Å²) in [5, 5.41) is 2.34. The highest BCUT2D eigenvalue weighted by atomic mass is 32.2. The summed E-state index contributed by atoms with van der Waals surface area (Å²) in [6, 6.07) is 0. The largest absolute Gasteiger partial charge is 0.298 e. The molecular weight excluding hydrogens is 132 g/mol. The van der Waals surface area contributed by atoms with E-state index in [0.717, 1.165) is 18.3 Å². The maximum Gasteiger partial charge on any atom is 0.146 e. The first kappa shape index (κ1) is 6.62. The molecule has 1 aliphatic heterocycles. The fourth-order valence-corrected chi connectivity index (χ4v) is 1.62. The molecule has 0 bridgehead atoms. The fraction of sp³-hybridized carbons (Fsp3) is 0.286. The molecule has 2 heteroatoms. The van der Waals surface area contributed by atoms with Crippen LogP contribution in [0.15, 0.2) is 23.6 Å². The van der Waals surface area contributed by atoms with Crippen LogP contribution in [0.1, 0.15) is 6.42 Å². The molecule has 0 aromatic carbocycles. The Balaban J connectivity index is 2.48. The third-order valence-corrected chi connectivity index (χ3v) is 2.39. The van der Waals surface area contributed by atoms with Crippen LogP contribution >= 0.6 is 11.8 Å². The minimum atomic E-state index is 0.435. The normalized spacial score (nSPS) is 25.3. The maximum atomic E-state index is 10.2. The Bertz CT molecular complexity index is 160. The van der Waals surface area contributed by atoms with Crippen molar-refractivity contribution in [1.82, 2.24) is 0 Å². The minimum absolute atomic E-state index is 0.435. The van der Waals surface area contributed by atoms with Gasteiger partial charge in [0.25, 0.3) is 0 Å². The Kier molecular flexibility index (Phi) is 2.11. The van der Waals surface area contributed by atoms with Crippen LogP contribution in [-0.4, -0.2) is 11.5 Å². The van der Waals surface area contributed by atoms with Crippen molar-refractivity contribution in [2.75, 3.05) is 0 Å². The molecule has 0 aliphatic carbocycles. The van der Waals surface area contributed by atoms with Gasteiger partial charge in [-0.2, -0.15) is 0 Å². The Labute approximate surface area is 58.8 Å². The lowest BCUT2D eigenvalue weighted by Crippen LogP contribution is -1.91. The molecule has 0 amide bonds. The van der Waals surface area contributed by atoms with E-state index in [0.29, 0.717) is 5.25 Å². The number of carbonyl (C=O) groups is 1. The van der Waals surface area contributed by atoms with Gasteiger partial charge in [-0.1, -0.05) is 6.08 Å². The summed E-state index contributed by atoms with van der Waals surface area (Å²) in [5.74, 6) is 0. The molecule has 1 heterocycles. The predicted octanol–water partition coefficient (Wildman–Crippen LogP) is 1.76. The molecular formula is C7H8OS. The van der Waals surface area contributed by atoms with Crippen molar-refractivity contribution in [1.29, 1.82) is 0 Å². The van der Waals surface area contributed by atoms with E-state index >= 15 is 0 Å². The molecule has 0 saturated heterocycles. The molecule has 1 rings (SSSR count). The zero-order valence-corrected chi connectivity index (χ0v) is 5.86. The Morgan fingerprint density at radius 1 is 1.89 bits per heavy atom. The van der Waals surface area contributed by atoms with Gasteiger partial charge in [-0.05, 0) is 17.4 Å². The minimum Gasteiger partial charge on any atom is -0.298 e. The van der Waals surface area contributed by atoms with E-state index in [2.05, 4.69) is 6.58 Å². The highest BCUT2D eigenvalue weighted by molar-refractivity contribution is 8.03. The van der Waals surface area contributed by atoms with E-state index in [1.807, 2.05) is 11.5 Å². The summed E-state index contributed by atoms with van der Waals surface area (Å²) in [4.78, 5) is 10.2. The molecule has 0 fully saturated rings. The average Bonchev–Trinajstić information content (AvgIpc) is 2.34. The van der Waals surface area contributed by atoms with Gasteiger partial charge in [0.15, 0.2) is 0 Å². The molecule has 1 atom stereocenters. The third kappa shape index (κ3) is 1.45. The van der Waals surface area contributed by atoms with E-state index in [4.69, 9.17) is 0 Å². The van der Waals surface area contributed by atoms with Crippen LogP contribution in [0.5, 0.6) is 0 Å². The highest BCUT2D eigenvalue weighted by Gasteiger charge is 2.12. The predicted molar refractivity (Wildman–Crippen MR) is 40.3 cm³/mol. The van der Waals surface area contributed by atoms with Gasteiger partial charge in [0.05, 0.1) is 0 Å². The van der Waals surface area contributed by atoms with Crippen LogP contribution in [0.2, 0.25) is 0 Å². The van der Waals surface area contributed by atoms with E-state index in [1.54, 1.807) is 11.8 Å². The van der Waals surface area contributed by atoms with Crippen LogP contribution in [0.25, 0.3) is 0 Å². The van der Waals surface area contributed by atoms with Gasteiger partial charge in [-0.25, -0.2) is 0 Å². The van der Waals surface area contributed by atoms with E-state index in [9.17, 15) is 4.79 Å². The van der Waals surface area contributed by atoms with Crippen LogP contribution < -0.4 is 0 Å². The lowest BCUT2D eigenvalue weighted by molar-refractivity contribution is -0.105. The summed E-state index contributed by atoms with van der Waals surface area (Å²) in [6.07, 6.45) is 3.64. The van der Waals surface area contributed by atoms with Crippen molar-refractivity contribution in [3.63, 3.8) is 0 Å². The number of hydrogen-bond acceptors (Lipinski definition) is 2. The van der Waals surface area contributed by atoms with Gasteiger partial charge in [0.2, 0.25) is 0 Å². The van der Waals surface area contributed by atoms with Crippen molar-refractivity contribution < 1.29 is 4.79 Å². The Morgan fingerprint density at radius 2 is 2.67 bits per heavy atom. The van der Waals surface area contributed by atoms with E-state index < -0.39 is 0 Å². The van der Waals surface area contributed by atoms with Gasteiger partial charge in [0.1, 0.15) is 6.29 Å². The lowest BCUT2D eigenvalue weighted by Gasteiger charge is -1.96. The quantitative estimate of drug-likeness (QED) is 0.429. The van der Waals surface area contributed by atoms with Crippen molar-refractivity contribution in [2.24, 2.45) is 0 Å². The summed E-state index contributed by atoms with van der Waals surface area (Å²) in [7, 11) is 0. The second-order valence-corrected chi connectivity index (χ2v) is 3.04. The lowest BCUT2D eigenvalue weighted by atomic mass is 10.2. The average molecular weight is 140 g/mol. The van der Waals surface area contributed by atoms with Crippen molar-refractivity contribution in [3.8, 4) is 0 Å². The molecule has 1 nitrogen and oxygen atoms in total. The second kappa shape index (κ2) is 2.87. The molecule has 48 valence electrons. The number of hydrogen-bond donors (Lipinski definition) is 0. The molecule has 0 aromatic rings. The Morgan fingerprint density at radius 3 is 3.00 bits per heavy atom. The Hall–Kier alpha value is -0.500. The van der Waals surface area contributed by atoms with Crippen molar-refractivity contribution in [2.45, 2.75) is 11.7 Å². The SMILES string of the molecule is C=CC1CC(C=O)=CS1. The summed E-state index contributed by atoms with van der Waals surface area (Å²) in [6.45, 7) is 3.64. The molecule has 1 unspecified atom stereocenters. The third-order valence-electron chi connectivity index (χ3n) is 1.25. The van der Waals surface area contributed by atoms with Crippen LogP contribution in [0.3, 0.4) is 0 Å². The van der Waals surface area contributed by atoms with E-state index in [1.165, 1.54) is 0 Å². The van der Waals surface area contributed by atoms with Gasteiger partial charge >= 0.3 is 0 Å². The monoisotopic (exact) mass is 140 g/mol. The molecule has 0 N–H and O–H groups in total. The first-order valence-electron chi connectivity index (χ1n) is 2.79. The standard InChI is InChI=1S/C7H8OS/c1-2-7-3-6(4-8)5-9-7/h2,4-5,7H,1,3H2. The van der Waals surface area contributed by atoms with Gasteiger partial charge < -0.3 is 0 Å². The molecule has 0 radical (unpaired) electrons. The first-order valence-corrected chi connectivity index (χ1v) is 3.73. The van der Waals surface area contributed by atoms with Gasteiger partial charge in [0, 0.05) is 5.25 Å². The number of carbonyl (C=O) groups excluding carboxylic acids is 1. The second-order valence-electron chi connectivity index (χ2n) is 1.92. The maximum absolute atomic E-state index is 10.2. The van der Waals surface area contributed by atoms with Crippen LogP contribution in [-0.2, 0) is 4.79 Å². The zero-order chi connectivity index (χ0) is 6.69. The number of thioether (sulfide) groups is 1. The molecule has 9 heavy (non-hydrogen) atoms. The number of aldehydes is 1. The summed E-state index contributed by atoms with van der Waals surface area (Å²) in [5.41, 5.74) is 0.893. The van der Waals surface area contributed by atoms with Crippen LogP contribution in [0.4, 0.5) is 0 Å². The topological polar surface area (TPSA) is 17.1 Å². The van der Waals surface area contributed by atoms with Crippen LogP contribution in [0, 0.1) is 0 Å².